The fraction of sp³-hybridized carbons (Fsp3) is 0.476. The zero-order valence-corrected chi connectivity index (χ0v) is 19.3. The minimum Gasteiger partial charge on any atom is -0.368 e. The third-order valence-corrected chi connectivity index (χ3v) is 6.35. The molecule has 0 aliphatic carbocycles. The maximum Gasteiger partial charge on any atom is 0.244 e. The summed E-state index contributed by atoms with van der Waals surface area (Å²) in [4.78, 5) is 27.0. The molecule has 2 N–H and O–H groups in total. The smallest absolute Gasteiger partial charge is 0.244 e. The first-order valence-electron chi connectivity index (χ1n) is 10.2. The fourth-order valence-corrected chi connectivity index (χ4v) is 4.23. The van der Waals surface area contributed by atoms with E-state index in [9.17, 15) is 4.79 Å². The van der Waals surface area contributed by atoms with Gasteiger partial charge < -0.3 is 20.4 Å². The summed E-state index contributed by atoms with van der Waals surface area (Å²) < 4.78 is 0. The predicted molar refractivity (Wildman–Crippen MR) is 125 cm³/mol. The van der Waals surface area contributed by atoms with Gasteiger partial charge in [0.2, 0.25) is 5.91 Å². The molecule has 1 fully saturated rings. The molecule has 1 aliphatic heterocycles. The van der Waals surface area contributed by atoms with E-state index in [1.54, 1.807) is 11.3 Å². The lowest BCUT2D eigenvalue weighted by Gasteiger charge is -2.36. The number of anilines is 1. The molecule has 1 aromatic carbocycles. The van der Waals surface area contributed by atoms with Crippen LogP contribution in [-0.2, 0) is 11.3 Å². The van der Waals surface area contributed by atoms with Crippen molar-refractivity contribution >= 4 is 40.5 Å². The molecule has 3 rings (SSSR count). The van der Waals surface area contributed by atoms with Crippen LogP contribution >= 0.6 is 22.9 Å². The van der Waals surface area contributed by atoms with Crippen molar-refractivity contribution in [3.8, 4) is 0 Å². The average Bonchev–Trinajstić information content (AvgIpc) is 3.08. The maximum atomic E-state index is 12.6. The Balaban J connectivity index is 1.49. The minimum atomic E-state index is 0.0453. The molecule has 0 radical (unpaired) electrons. The predicted octanol–water partition coefficient (Wildman–Crippen LogP) is 2.82. The SMILES string of the molecule is CCNC(=NCC(=O)N1CCN(c2ccc(Cl)cc2)CC1)NCc1nc(C)c(C)s1. The van der Waals surface area contributed by atoms with Gasteiger partial charge in [0.25, 0.3) is 0 Å². The van der Waals surface area contributed by atoms with Gasteiger partial charge in [0.05, 0.1) is 12.2 Å². The van der Waals surface area contributed by atoms with E-state index >= 15 is 0 Å². The molecule has 2 aromatic rings. The highest BCUT2D eigenvalue weighted by atomic mass is 35.5. The Morgan fingerprint density at radius 3 is 2.47 bits per heavy atom. The second-order valence-electron chi connectivity index (χ2n) is 7.14. The molecule has 1 amide bonds. The molecule has 162 valence electrons. The molecule has 7 nitrogen and oxygen atoms in total. The molecule has 1 aliphatic rings. The molecular weight excluding hydrogens is 420 g/mol. The van der Waals surface area contributed by atoms with Crippen LogP contribution in [0.1, 0.15) is 22.5 Å². The molecule has 1 saturated heterocycles. The Morgan fingerprint density at radius 1 is 1.17 bits per heavy atom. The number of nitrogens with one attached hydrogen (secondary N) is 2. The number of aliphatic imine (C=N–C) groups is 1. The van der Waals surface area contributed by atoms with Crippen molar-refractivity contribution in [2.45, 2.75) is 27.3 Å². The largest absolute Gasteiger partial charge is 0.368 e. The number of aryl methyl sites for hydroxylation is 2. The van der Waals surface area contributed by atoms with E-state index in [-0.39, 0.29) is 12.5 Å². The molecule has 0 spiro atoms. The van der Waals surface area contributed by atoms with Crippen LogP contribution in [0.15, 0.2) is 29.3 Å². The van der Waals surface area contributed by atoms with Gasteiger partial charge in [-0.3, -0.25) is 4.79 Å². The summed E-state index contributed by atoms with van der Waals surface area (Å²) in [7, 11) is 0. The van der Waals surface area contributed by atoms with E-state index < -0.39 is 0 Å². The number of hydrogen-bond acceptors (Lipinski definition) is 5. The number of aromatic nitrogens is 1. The number of benzene rings is 1. The molecule has 9 heteroatoms. The molecule has 1 aromatic heterocycles. The monoisotopic (exact) mass is 448 g/mol. The quantitative estimate of drug-likeness (QED) is 0.525. The lowest BCUT2D eigenvalue weighted by Crippen LogP contribution is -2.49. The Hall–Kier alpha value is -2.32. The van der Waals surface area contributed by atoms with E-state index in [2.05, 4.69) is 32.4 Å². The minimum absolute atomic E-state index is 0.0453. The zero-order valence-electron chi connectivity index (χ0n) is 17.7. The van der Waals surface area contributed by atoms with Gasteiger partial charge in [0.1, 0.15) is 11.6 Å². The Labute approximate surface area is 187 Å². The molecule has 30 heavy (non-hydrogen) atoms. The topological polar surface area (TPSA) is 72.9 Å². The van der Waals surface area contributed by atoms with E-state index in [4.69, 9.17) is 11.6 Å². The van der Waals surface area contributed by atoms with Gasteiger partial charge in [-0.2, -0.15) is 0 Å². The van der Waals surface area contributed by atoms with Gasteiger partial charge in [-0.15, -0.1) is 11.3 Å². The molecule has 2 heterocycles. The molecule has 0 atom stereocenters. The number of nitrogens with zero attached hydrogens (tertiary/aromatic N) is 4. The van der Waals surface area contributed by atoms with Gasteiger partial charge in [0, 0.05) is 48.3 Å². The highest BCUT2D eigenvalue weighted by Gasteiger charge is 2.21. The van der Waals surface area contributed by atoms with Crippen LogP contribution < -0.4 is 15.5 Å². The van der Waals surface area contributed by atoms with Crippen molar-refractivity contribution in [1.29, 1.82) is 0 Å². The Morgan fingerprint density at radius 2 is 1.87 bits per heavy atom. The number of halogens is 1. The zero-order chi connectivity index (χ0) is 21.5. The van der Waals surface area contributed by atoms with Gasteiger partial charge in [-0.1, -0.05) is 11.6 Å². The van der Waals surface area contributed by atoms with Gasteiger partial charge in [0.15, 0.2) is 5.96 Å². The number of carbonyl (C=O) groups excluding carboxylic acids is 1. The second kappa shape index (κ2) is 10.6. The first kappa shape index (κ1) is 22.4. The van der Waals surface area contributed by atoms with Gasteiger partial charge in [-0.05, 0) is 45.0 Å². The average molecular weight is 449 g/mol. The first-order valence-corrected chi connectivity index (χ1v) is 11.4. The van der Waals surface area contributed by atoms with Crippen LogP contribution in [0.4, 0.5) is 5.69 Å². The summed E-state index contributed by atoms with van der Waals surface area (Å²) >= 11 is 7.64. The van der Waals surface area contributed by atoms with E-state index in [0.717, 1.165) is 41.0 Å². The highest BCUT2D eigenvalue weighted by molar-refractivity contribution is 7.11. The lowest BCUT2D eigenvalue weighted by molar-refractivity contribution is -0.129. The number of amides is 1. The molecule has 0 bridgehead atoms. The lowest BCUT2D eigenvalue weighted by atomic mass is 10.2. The van der Waals surface area contributed by atoms with Gasteiger partial charge >= 0.3 is 0 Å². The number of guanidine groups is 1. The summed E-state index contributed by atoms with van der Waals surface area (Å²) in [5, 5.41) is 8.20. The number of piperazine rings is 1. The molecular formula is C21H29ClN6OS. The number of carbonyl (C=O) groups is 1. The van der Waals surface area contributed by atoms with Crippen LogP contribution in [0.2, 0.25) is 5.02 Å². The second-order valence-corrected chi connectivity index (χ2v) is 8.87. The Bertz CT molecular complexity index is 855. The fourth-order valence-electron chi connectivity index (χ4n) is 3.23. The van der Waals surface area contributed by atoms with Crippen molar-refractivity contribution < 1.29 is 4.79 Å². The number of rotatable bonds is 6. The summed E-state index contributed by atoms with van der Waals surface area (Å²) in [6.45, 7) is 10.5. The van der Waals surface area contributed by atoms with Crippen LogP contribution in [0.3, 0.4) is 0 Å². The standard InChI is InChI=1S/C21H29ClN6OS/c1-4-23-21(24-13-19-26-15(2)16(3)30-19)25-14-20(29)28-11-9-27(10-12-28)18-7-5-17(22)6-8-18/h5-8H,4,9-14H2,1-3H3,(H2,23,24,25). The highest BCUT2D eigenvalue weighted by Crippen LogP contribution is 2.19. The van der Waals surface area contributed by atoms with E-state index in [0.29, 0.717) is 25.6 Å². The van der Waals surface area contributed by atoms with Crippen LogP contribution in [0, 0.1) is 13.8 Å². The van der Waals surface area contributed by atoms with E-state index in [1.165, 1.54) is 4.88 Å². The normalized spacial score (nSPS) is 14.7. The number of thiazole rings is 1. The third kappa shape index (κ3) is 6.09. The molecule has 0 unspecified atom stereocenters. The van der Waals surface area contributed by atoms with E-state index in [1.807, 2.05) is 43.0 Å². The van der Waals surface area contributed by atoms with Crippen LogP contribution in [0.25, 0.3) is 0 Å². The third-order valence-electron chi connectivity index (χ3n) is 5.02. The Kier molecular flexibility index (Phi) is 7.93. The number of hydrogen-bond donors (Lipinski definition) is 2. The van der Waals surface area contributed by atoms with Crippen molar-refractivity contribution in [3.05, 3.63) is 44.9 Å². The summed E-state index contributed by atoms with van der Waals surface area (Å²) in [6, 6.07) is 7.83. The summed E-state index contributed by atoms with van der Waals surface area (Å²) in [6.07, 6.45) is 0. The van der Waals surface area contributed by atoms with Crippen LogP contribution in [-0.4, -0.2) is 61.0 Å². The van der Waals surface area contributed by atoms with Crippen molar-refractivity contribution in [2.24, 2.45) is 4.99 Å². The summed E-state index contributed by atoms with van der Waals surface area (Å²) in [5.74, 6) is 0.681. The van der Waals surface area contributed by atoms with Crippen LogP contribution in [0.5, 0.6) is 0 Å². The first-order chi connectivity index (χ1) is 14.5. The van der Waals surface area contributed by atoms with Crippen molar-refractivity contribution in [2.75, 3.05) is 44.2 Å². The summed E-state index contributed by atoms with van der Waals surface area (Å²) in [5.41, 5.74) is 2.20. The van der Waals surface area contributed by atoms with Crippen molar-refractivity contribution in [1.82, 2.24) is 20.5 Å². The van der Waals surface area contributed by atoms with Crippen molar-refractivity contribution in [3.63, 3.8) is 0 Å². The van der Waals surface area contributed by atoms with Gasteiger partial charge in [-0.25, -0.2) is 9.98 Å². The molecule has 0 saturated carbocycles. The maximum absolute atomic E-state index is 12.6.